The Labute approximate surface area is 211 Å². The van der Waals surface area contributed by atoms with E-state index < -0.39 is 23.7 Å². The van der Waals surface area contributed by atoms with Crippen LogP contribution >= 0.6 is 11.3 Å². The molecule has 1 fully saturated rings. The van der Waals surface area contributed by atoms with Crippen molar-refractivity contribution < 1.29 is 18.3 Å². The van der Waals surface area contributed by atoms with Crippen LogP contribution in [0.5, 0.6) is 0 Å². The van der Waals surface area contributed by atoms with Gasteiger partial charge in [-0.1, -0.05) is 18.2 Å². The summed E-state index contributed by atoms with van der Waals surface area (Å²) >= 11 is 0.733. The van der Waals surface area contributed by atoms with Crippen molar-refractivity contribution in [1.29, 1.82) is 5.26 Å². The van der Waals surface area contributed by atoms with Crippen molar-refractivity contribution >= 4 is 33.6 Å². The van der Waals surface area contributed by atoms with Crippen molar-refractivity contribution in [2.45, 2.75) is 58.2 Å². The average Bonchev–Trinajstić information content (AvgIpc) is 3.25. The lowest BCUT2D eigenvalue weighted by Gasteiger charge is -2.35. The Kier molecular flexibility index (Phi) is 7.26. The number of alkyl halides is 2. The Balaban J connectivity index is 1.73. The predicted octanol–water partition coefficient (Wildman–Crippen LogP) is 4.81. The number of hydrogen-bond acceptors (Lipinski definition) is 7. The van der Waals surface area contributed by atoms with Crippen molar-refractivity contribution in [2.24, 2.45) is 0 Å². The van der Waals surface area contributed by atoms with Crippen LogP contribution in [0, 0.1) is 11.3 Å². The molecule has 1 saturated heterocycles. The van der Waals surface area contributed by atoms with Crippen LogP contribution < -0.4 is 15.8 Å². The van der Waals surface area contributed by atoms with Crippen LogP contribution in [0.15, 0.2) is 35.1 Å². The van der Waals surface area contributed by atoms with E-state index in [-0.39, 0.29) is 27.7 Å². The van der Waals surface area contributed by atoms with Crippen LogP contribution in [0.3, 0.4) is 0 Å². The topological polar surface area (TPSA) is 100 Å². The van der Waals surface area contributed by atoms with Crippen molar-refractivity contribution in [3.63, 3.8) is 0 Å². The standard InChI is InChI=1S/C25H27F2N5O3S/c1-25(2,3)35-24(34)29-17-9-6-10-31(14-17)23-30-18-11-19(21(26)27)36-20(18)22(33)32(23)13-16-8-5-4-7-15(16)12-28/h4-5,7-8,11,17,21H,6,9-10,13-14H2,1-3H3,(H,29,34)/t17-/m0/s1. The fourth-order valence-corrected chi connectivity index (χ4v) is 5.10. The normalized spacial score (nSPS) is 16.2. The number of benzene rings is 1. The summed E-state index contributed by atoms with van der Waals surface area (Å²) in [5, 5.41) is 12.4. The highest BCUT2D eigenvalue weighted by molar-refractivity contribution is 7.19. The number of piperidine rings is 1. The Bertz CT molecular complexity index is 1370. The number of nitrogens with zero attached hydrogens (tertiary/aromatic N) is 4. The number of hydrogen-bond donors (Lipinski definition) is 1. The number of alkyl carbamates (subject to hydrolysis) is 1. The Hall–Kier alpha value is -3.52. The zero-order valence-electron chi connectivity index (χ0n) is 20.3. The third-order valence-electron chi connectivity index (χ3n) is 5.74. The number of aromatic nitrogens is 2. The number of carbonyl (C=O) groups excluding carboxylic acids is 1. The highest BCUT2D eigenvalue weighted by atomic mass is 32.1. The Morgan fingerprint density at radius 2 is 2.11 bits per heavy atom. The number of ether oxygens (including phenoxy) is 1. The van der Waals surface area contributed by atoms with E-state index in [1.54, 1.807) is 45.0 Å². The summed E-state index contributed by atoms with van der Waals surface area (Å²) in [5.74, 6) is 0.314. The molecule has 1 N–H and O–H groups in total. The smallest absolute Gasteiger partial charge is 0.407 e. The molecule has 0 aliphatic carbocycles. The maximum atomic E-state index is 13.5. The highest BCUT2D eigenvalue weighted by Crippen LogP contribution is 2.31. The number of fused-ring (bicyclic) bond motifs is 1. The van der Waals surface area contributed by atoms with E-state index in [0.717, 1.165) is 17.8 Å². The summed E-state index contributed by atoms with van der Waals surface area (Å²) in [7, 11) is 0. The zero-order valence-corrected chi connectivity index (χ0v) is 21.1. The third-order valence-corrected chi connectivity index (χ3v) is 6.86. The van der Waals surface area contributed by atoms with Gasteiger partial charge in [-0.05, 0) is 51.3 Å². The molecule has 0 unspecified atom stereocenters. The van der Waals surface area contributed by atoms with Crippen LogP contribution in [0.1, 0.15) is 56.0 Å². The molecule has 0 spiro atoms. The summed E-state index contributed by atoms with van der Waals surface area (Å²) in [4.78, 5) is 32.1. The summed E-state index contributed by atoms with van der Waals surface area (Å²) in [6, 6.07) is 10.1. The molecule has 190 valence electrons. The molecule has 1 aromatic carbocycles. The molecule has 0 bridgehead atoms. The van der Waals surface area contributed by atoms with Gasteiger partial charge >= 0.3 is 6.09 Å². The molecule has 3 heterocycles. The number of nitrogens with one attached hydrogen (secondary N) is 1. The number of amides is 1. The number of carbonyl (C=O) groups is 1. The van der Waals surface area contributed by atoms with Gasteiger partial charge in [0.2, 0.25) is 5.95 Å². The minimum Gasteiger partial charge on any atom is -0.444 e. The zero-order chi connectivity index (χ0) is 26.0. The number of rotatable bonds is 5. The number of thiophene rings is 1. The van der Waals surface area contributed by atoms with E-state index in [4.69, 9.17) is 4.74 Å². The lowest BCUT2D eigenvalue weighted by molar-refractivity contribution is 0.0499. The largest absolute Gasteiger partial charge is 0.444 e. The molecule has 3 aromatic rings. The van der Waals surface area contributed by atoms with E-state index in [9.17, 15) is 23.6 Å². The van der Waals surface area contributed by atoms with E-state index in [2.05, 4.69) is 16.4 Å². The molecule has 4 rings (SSSR count). The third kappa shape index (κ3) is 5.65. The first-order valence-electron chi connectivity index (χ1n) is 11.6. The lowest BCUT2D eigenvalue weighted by Crippen LogP contribution is -2.50. The van der Waals surface area contributed by atoms with E-state index in [1.165, 1.54) is 10.6 Å². The van der Waals surface area contributed by atoms with E-state index >= 15 is 0 Å². The summed E-state index contributed by atoms with van der Waals surface area (Å²) in [5.41, 5.74) is 0.166. The molecule has 36 heavy (non-hydrogen) atoms. The number of anilines is 1. The quantitative estimate of drug-likeness (QED) is 0.524. The maximum absolute atomic E-state index is 13.5. The number of nitriles is 1. The first-order valence-corrected chi connectivity index (χ1v) is 12.4. The van der Waals surface area contributed by atoms with Gasteiger partial charge in [0.1, 0.15) is 10.3 Å². The predicted molar refractivity (Wildman–Crippen MR) is 134 cm³/mol. The van der Waals surface area contributed by atoms with Crippen molar-refractivity contribution in [1.82, 2.24) is 14.9 Å². The molecule has 8 nitrogen and oxygen atoms in total. The van der Waals surface area contributed by atoms with Crippen LogP contribution in [0.2, 0.25) is 0 Å². The minimum absolute atomic E-state index is 0.0589. The van der Waals surface area contributed by atoms with Gasteiger partial charge in [-0.2, -0.15) is 5.26 Å². The molecule has 0 saturated carbocycles. The van der Waals surface area contributed by atoms with Gasteiger partial charge in [0.25, 0.3) is 12.0 Å². The second-order valence-electron chi connectivity index (χ2n) is 9.67. The molecular formula is C25H27F2N5O3S. The monoisotopic (exact) mass is 515 g/mol. The fraction of sp³-hybridized carbons (Fsp3) is 0.440. The first kappa shape index (κ1) is 25.6. The van der Waals surface area contributed by atoms with Crippen LogP contribution in [0.25, 0.3) is 10.2 Å². The Morgan fingerprint density at radius 1 is 1.36 bits per heavy atom. The molecule has 1 aliphatic rings. The fourth-order valence-electron chi connectivity index (χ4n) is 4.20. The minimum atomic E-state index is -2.71. The van der Waals surface area contributed by atoms with Crippen molar-refractivity contribution in [3.05, 3.63) is 56.7 Å². The first-order chi connectivity index (χ1) is 17.1. The van der Waals surface area contributed by atoms with Gasteiger partial charge in [0.05, 0.1) is 28.6 Å². The van der Waals surface area contributed by atoms with E-state index in [0.29, 0.717) is 36.6 Å². The molecule has 0 radical (unpaired) electrons. The van der Waals surface area contributed by atoms with Gasteiger partial charge in [0, 0.05) is 19.1 Å². The maximum Gasteiger partial charge on any atom is 0.407 e. The summed E-state index contributed by atoms with van der Waals surface area (Å²) < 4.78 is 33.8. The number of halogens is 2. The summed E-state index contributed by atoms with van der Waals surface area (Å²) in [6.07, 6.45) is -1.81. The molecule has 2 aromatic heterocycles. The average molecular weight is 516 g/mol. The van der Waals surface area contributed by atoms with Gasteiger partial charge in [-0.25, -0.2) is 18.6 Å². The highest BCUT2D eigenvalue weighted by Gasteiger charge is 2.28. The van der Waals surface area contributed by atoms with Crippen molar-refractivity contribution in [2.75, 3.05) is 18.0 Å². The molecule has 1 atom stereocenters. The van der Waals surface area contributed by atoms with Gasteiger partial charge in [0.15, 0.2) is 0 Å². The SMILES string of the molecule is CC(C)(C)OC(=O)N[C@H]1CCCN(c2nc3cc(C(F)F)sc3c(=O)n2Cc2ccccc2C#N)C1. The molecule has 11 heteroatoms. The van der Waals surface area contributed by atoms with Gasteiger partial charge < -0.3 is 15.0 Å². The van der Waals surface area contributed by atoms with Crippen LogP contribution in [-0.2, 0) is 11.3 Å². The summed E-state index contributed by atoms with van der Waals surface area (Å²) in [6.45, 7) is 6.34. The van der Waals surface area contributed by atoms with Crippen LogP contribution in [-0.4, -0.2) is 40.4 Å². The molecular weight excluding hydrogens is 488 g/mol. The molecule has 1 aliphatic heterocycles. The Morgan fingerprint density at radius 3 is 2.81 bits per heavy atom. The van der Waals surface area contributed by atoms with Gasteiger partial charge in [-0.3, -0.25) is 9.36 Å². The molecule has 1 amide bonds. The van der Waals surface area contributed by atoms with Crippen molar-refractivity contribution in [3.8, 4) is 6.07 Å². The van der Waals surface area contributed by atoms with Gasteiger partial charge in [-0.15, -0.1) is 11.3 Å². The lowest BCUT2D eigenvalue weighted by atomic mass is 10.1. The van der Waals surface area contributed by atoms with Crippen LogP contribution in [0.4, 0.5) is 19.5 Å². The second-order valence-corrected chi connectivity index (χ2v) is 10.8. The second kappa shape index (κ2) is 10.2. The van der Waals surface area contributed by atoms with E-state index in [1.807, 2.05) is 4.90 Å².